The SMILES string of the molecule is CCOc1ccc(/C=C/C(=O)OCC(=O)c2ccc3c(c2)OCO3)cc1OCC. The summed E-state index contributed by atoms with van der Waals surface area (Å²) in [6.45, 7) is 4.56. The minimum atomic E-state index is -0.620. The van der Waals surface area contributed by atoms with E-state index in [1.54, 1.807) is 42.5 Å². The lowest BCUT2D eigenvalue weighted by molar-refractivity contribution is -0.136. The number of Topliss-reactive ketones (excluding diaryl/α,β-unsaturated/α-hetero) is 1. The number of ether oxygens (including phenoxy) is 5. The van der Waals surface area contributed by atoms with E-state index >= 15 is 0 Å². The number of carbonyl (C=O) groups excluding carboxylic acids is 2. The second kappa shape index (κ2) is 9.64. The minimum absolute atomic E-state index is 0.128. The fourth-order valence-corrected chi connectivity index (χ4v) is 2.67. The van der Waals surface area contributed by atoms with Crippen LogP contribution in [0.3, 0.4) is 0 Å². The van der Waals surface area contributed by atoms with Gasteiger partial charge >= 0.3 is 5.97 Å². The van der Waals surface area contributed by atoms with Gasteiger partial charge < -0.3 is 23.7 Å². The molecule has 0 radical (unpaired) electrons. The average molecular weight is 398 g/mol. The topological polar surface area (TPSA) is 80.3 Å². The molecule has 0 fully saturated rings. The van der Waals surface area contributed by atoms with Crippen molar-refractivity contribution in [1.29, 1.82) is 0 Å². The third kappa shape index (κ3) is 5.28. The molecule has 0 aliphatic carbocycles. The highest BCUT2D eigenvalue weighted by molar-refractivity contribution is 5.99. The molecule has 0 saturated heterocycles. The summed E-state index contributed by atoms with van der Waals surface area (Å²) in [4.78, 5) is 24.2. The molecule has 2 aromatic carbocycles. The smallest absolute Gasteiger partial charge is 0.331 e. The van der Waals surface area contributed by atoms with E-state index in [9.17, 15) is 9.59 Å². The minimum Gasteiger partial charge on any atom is -0.490 e. The van der Waals surface area contributed by atoms with Crippen molar-refractivity contribution in [3.05, 3.63) is 53.6 Å². The Hall–Kier alpha value is -3.48. The van der Waals surface area contributed by atoms with Gasteiger partial charge in [-0.2, -0.15) is 0 Å². The van der Waals surface area contributed by atoms with Crippen LogP contribution in [0.2, 0.25) is 0 Å². The standard InChI is InChI=1S/C22H22O7/c1-3-25-18-8-5-15(11-20(18)26-4-2)6-10-22(24)27-13-17(23)16-7-9-19-21(12-16)29-14-28-19/h5-12H,3-4,13-14H2,1-2H3/b10-6+. The van der Waals surface area contributed by atoms with Crippen LogP contribution >= 0.6 is 0 Å². The van der Waals surface area contributed by atoms with E-state index in [0.717, 1.165) is 5.56 Å². The summed E-state index contributed by atoms with van der Waals surface area (Å²) < 4.78 is 26.5. The fourth-order valence-electron chi connectivity index (χ4n) is 2.67. The predicted molar refractivity (Wildman–Crippen MR) is 106 cm³/mol. The van der Waals surface area contributed by atoms with Crippen molar-refractivity contribution in [3.63, 3.8) is 0 Å². The van der Waals surface area contributed by atoms with E-state index in [2.05, 4.69) is 0 Å². The third-order valence-corrected chi connectivity index (χ3v) is 4.02. The Labute approximate surface area is 168 Å². The van der Waals surface area contributed by atoms with Crippen molar-refractivity contribution >= 4 is 17.8 Å². The fraction of sp³-hybridized carbons (Fsp3) is 0.273. The van der Waals surface area contributed by atoms with E-state index in [1.807, 2.05) is 13.8 Å². The first-order valence-electron chi connectivity index (χ1n) is 9.28. The zero-order valence-electron chi connectivity index (χ0n) is 16.3. The van der Waals surface area contributed by atoms with Crippen LogP contribution in [-0.2, 0) is 9.53 Å². The van der Waals surface area contributed by atoms with Gasteiger partial charge in [0.2, 0.25) is 6.79 Å². The Kier molecular flexibility index (Phi) is 6.73. The lowest BCUT2D eigenvalue weighted by Crippen LogP contribution is -2.12. The number of carbonyl (C=O) groups is 2. The number of benzene rings is 2. The Morgan fingerprint density at radius 1 is 0.966 bits per heavy atom. The van der Waals surface area contributed by atoms with E-state index < -0.39 is 5.97 Å². The van der Waals surface area contributed by atoms with Crippen molar-refractivity contribution in [1.82, 2.24) is 0 Å². The van der Waals surface area contributed by atoms with Crippen molar-refractivity contribution in [2.24, 2.45) is 0 Å². The number of esters is 1. The second-order valence-electron chi connectivity index (χ2n) is 6.00. The highest BCUT2D eigenvalue weighted by atomic mass is 16.7. The zero-order chi connectivity index (χ0) is 20.6. The van der Waals surface area contributed by atoms with E-state index in [-0.39, 0.29) is 19.2 Å². The molecule has 2 aromatic rings. The normalized spacial score (nSPS) is 12.1. The summed E-state index contributed by atoms with van der Waals surface area (Å²) in [6, 6.07) is 10.2. The molecule has 7 nitrogen and oxygen atoms in total. The Balaban J connectivity index is 1.56. The van der Waals surface area contributed by atoms with Gasteiger partial charge in [0.15, 0.2) is 35.4 Å². The van der Waals surface area contributed by atoms with E-state index in [1.165, 1.54) is 6.08 Å². The van der Waals surface area contributed by atoms with Gasteiger partial charge in [-0.25, -0.2) is 4.79 Å². The summed E-state index contributed by atoms with van der Waals surface area (Å²) in [5.41, 5.74) is 1.13. The number of rotatable bonds is 9. The molecule has 0 saturated carbocycles. The number of hydrogen-bond acceptors (Lipinski definition) is 7. The molecule has 0 amide bonds. The van der Waals surface area contributed by atoms with Crippen LogP contribution in [0.15, 0.2) is 42.5 Å². The Bertz CT molecular complexity index is 917. The average Bonchev–Trinajstić information content (AvgIpc) is 3.20. The predicted octanol–water partition coefficient (Wildman–Crippen LogP) is 3.65. The summed E-state index contributed by atoms with van der Waals surface area (Å²) in [5, 5.41) is 0. The summed E-state index contributed by atoms with van der Waals surface area (Å²) in [5.74, 6) is 1.38. The van der Waals surface area contributed by atoms with Crippen LogP contribution in [0.1, 0.15) is 29.8 Å². The van der Waals surface area contributed by atoms with Gasteiger partial charge in [0.25, 0.3) is 0 Å². The molecule has 152 valence electrons. The molecule has 0 aromatic heterocycles. The molecule has 29 heavy (non-hydrogen) atoms. The molecule has 1 aliphatic heterocycles. The molecule has 0 bridgehead atoms. The van der Waals surface area contributed by atoms with Gasteiger partial charge in [-0.3, -0.25) is 4.79 Å². The van der Waals surface area contributed by atoms with Crippen molar-refractivity contribution in [2.45, 2.75) is 13.8 Å². The van der Waals surface area contributed by atoms with Gasteiger partial charge in [0, 0.05) is 11.6 Å². The Morgan fingerprint density at radius 2 is 1.72 bits per heavy atom. The highest BCUT2D eigenvalue weighted by Crippen LogP contribution is 2.32. The first kappa shape index (κ1) is 20.3. The molecule has 0 atom stereocenters. The third-order valence-electron chi connectivity index (χ3n) is 4.02. The molecule has 0 unspecified atom stereocenters. The van der Waals surface area contributed by atoms with Crippen LogP contribution in [0.4, 0.5) is 0 Å². The van der Waals surface area contributed by atoms with Crippen LogP contribution < -0.4 is 18.9 Å². The van der Waals surface area contributed by atoms with Crippen LogP contribution in [-0.4, -0.2) is 38.4 Å². The van der Waals surface area contributed by atoms with Gasteiger partial charge in [-0.1, -0.05) is 6.07 Å². The molecule has 1 aliphatic rings. The summed E-state index contributed by atoms with van der Waals surface area (Å²) in [7, 11) is 0. The van der Waals surface area contributed by atoms with Gasteiger partial charge in [-0.15, -0.1) is 0 Å². The van der Waals surface area contributed by atoms with Gasteiger partial charge in [0.1, 0.15) is 0 Å². The maximum atomic E-state index is 12.2. The van der Waals surface area contributed by atoms with Crippen molar-refractivity contribution < 1.29 is 33.3 Å². The van der Waals surface area contributed by atoms with Gasteiger partial charge in [-0.05, 0) is 55.8 Å². The highest BCUT2D eigenvalue weighted by Gasteiger charge is 2.17. The van der Waals surface area contributed by atoms with Crippen molar-refractivity contribution in [3.8, 4) is 23.0 Å². The molecule has 1 heterocycles. The largest absolute Gasteiger partial charge is 0.490 e. The lowest BCUT2D eigenvalue weighted by Gasteiger charge is -2.11. The first-order valence-corrected chi connectivity index (χ1v) is 9.28. The molecule has 0 spiro atoms. The summed E-state index contributed by atoms with van der Waals surface area (Å²) in [6.07, 6.45) is 2.85. The quantitative estimate of drug-likeness (QED) is 0.362. The molecule has 7 heteroatoms. The lowest BCUT2D eigenvalue weighted by atomic mass is 10.1. The number of hydrogen-bond donors (Lipinski definition) is 0. The van der Waals surface area contributed by atoms with E-state index in [4.69, 9.17) is 23.7 Å². The van der Waals surface area contributed by atoms with Crippen LogP contribution in [0.5, 0.6) is 23.0 Å². The first-order chi connectivity index (χ1) is 14.1. The number of fused-ring (bicyclic) bond motifs is 1. The van der Waals surface area contributed by atoms with E-state index in [0.29, 0.717) is 41.8 Å². The van der Waals surface area contributed by atoms with Gasteiger partial charge in [0.05, 0.1) is 13.2 Å². The maximum Gasteiger partial charge on any atom is 0.331 e. The molecule has 3 rings (SSSR count). The van der Waals surface area contributed by atoms with Crippen LogP contribution in [0, 0.1) is 0 Å². The molecule has 0 N–H and O–H groups in total. The Morgan fingerprint density at radius 3 is 2.52 bits per heavy atom. The monoisotopic (exact) mass is 398 g/mol. The van der Waals surface area contributed by atoms with Crippen molar-refractivity contribution in [2.75, 3.05) is 26.6 Å². The second-order valence-corrected chi connectivity index (χ2v) is 6.00. The molecular formula is C22H22O7. The zero-order valence-corrected chi connectivity index (χ0v) is 16.3. The maximum absolute atomic E-state index is 12.2. The van der Waals surface area contributed by atoms with Crippen LogP contribution in [0.25, 0.3) is 6.08 Å². The number of ketones is 1. The summed E-state index contributed by atoms with van der Waals surface area (Å²) >= 11 is 0. The molecular weight excluding hydrogens is 376 g/mol.